The van der Waals surface area contributed by atoms with Crippen molar-refractivity contribution in [1.29, 1.82) is 0 Å². The molecule has 1 amide bonds. The lowest BCUT2D eigenvalue weighted by atomic mass is 10.1. The summed E-state index contributed by atoms with van der Waals surface area (Å²) in [6.45, 7) is 1.73. The monoisotopic (exact) mass is 374 g/mol. The van der Waals surface area contributed by atoms with Crippen molar-refractivity contribution in [3.8, 4) is 11.3 Å². The van der Waals surface area contributed by atoms with Crippen LogP contribution in [0.5, 0.6) is 0 Å². The van der Waals surface area contributed by atoms with E-state index in [-0.39, 0.29) is 18.1 Å². The van der Waals surface area contributed by atoms with Crippen LogP contribution in [0.4, 0.5) is 0 Å². The molecule has 2 aromatic carbocycles. The van der Waals surface area contributed by atoms with E-state index in [1.165, 1.54) is 5.56 Å². The first-order valence-corrected chi connectivity index (χ1v) is 9.72. The van der Waals surface area contributed by atoms with Gasteiger partial charge in [-0.15, -0.1) is 5.10 Å². The number of rotatable bonds is 4. The van der Waals surface area contributed by atoms with Crippen molar-refractivity contribution in [3.05, 3.63) is 71.9 Å². The second-order valence-electron chi connectivity index (χ2n) is 7.40. The molecule has 1 unspecified atom stereocenters. The molecule has 28 heavy (non-hydrogen) atoms. The number of carbonyl (C=O) groups excluding carboxylic acids is 1. The van der Waals surface area contributed by atoms with E-state index in [0.717, 1.165) is 23.4 Å². The van der Waals surface area contributed by atoms with Crippen LogP contribution in [0.3, 0.4) is 0 Å². The van der Waals surface area contributed by atoms with Crippen molar-refractivity contribution in [2.75, 3.05) is 13.1 Å². The molecule has 6 heteroatoms. The molecule has 2 aliphatic heterocycles. The lowest BCUT2D eigenvalue weighted by Crippen LogP contribution is -2.32. The first-order chi connectivity index (χ1) is 13.8. The van der Waals surface area contributed by atoms with Crippen LogP contribution in [0.1, 0.15) is 23.7 Å². The van der Waals surface area contributed by atoms with Crippen LogP contribution >= 0.6 is 0 Å². The normalized spacial score (nSPS) is 20.6. The number of aryl methyl sites for hydroxylation is 1. The van der Waals surface area contributed by atoms with Gasteiger partial charge in [0.25, 0.3) is 0 Å². The molecular formula is C22H22N4O2. The highest BCUT2D eigenvalue weighted by Crippen LogP contribution is 2.34. The Bertz CT molecular complexity index is 971. The Labute approximate surface area is 163 Å². The summed E-state index contributed by atoms with van der Waals surface area (Å²) in [5.74, 6) is 0.173. The molecule has 0 bridgehead atoms. The Morgan fingerprint density at radius 2 is 1.79 bits per heavy atom. The number of nitrogens with zero attached hydrogens (tertiary/aromatic N) is 4. The maximum atomic E-state index is 12.7. The Morgan fingerprint density at radius 3 is 2.57 bits per heavy atom. The fourth-order valence-corrected chi connectivity index (χ4v) is 4.13. The number of amides is 1. The summed E-state index contributed by atoms with van der Waals surface area (Å²) >= 11 is 0. The maximum Gasteiger partial charge on any atom is 0.223 e. The van der Waals surface area contributed by atoms with Crippen LogP contribution in [0.15, 0.2) is 60.7 Å². The van der Waals surface area contributed by atoms with Gasteiger partial charge in [-0.2, -0.15) is 0 Å². The molecule has 2 aliphatic rings. The quantitative estimate of drug-likeness (QED) is 0.705. The largest absolute Gasteiger partial charge is 0.368 e. The molecule has 3 heterocycles. The zero-order chi connectivity index (χ0) is 18.9. The van der Waals surface area contributed by atoms with E-state index in [1.54, 1.807) is 0 Å². The SMILES string of the molecule is O=C(CCc1ccccc1)N1CC2OCc3c(-c4ccccc4)nnn3[C@@H]2C1. The van der Waals surface area contributed by atoms with Gasteiger partial charge in [-0.1, -0.05) is 65.9 Å². The lowest BCUT2D eigenvalue weighted by Gasteiger charge is -2.26. The Balaban J connectivity index is 1.30. The number of hydrogen-bond acceptors (Lipinski definition) is 4. The Hall–Kier alpha value is -2.99. The van der Waals surface area contributed by atoms with Gasteiger partial charge in [0.15, 0.2) is 0 Å². The number of aromatic nitrogens is 3. The van der Waals surface area contributed by atoms with Gasteiger partial charge >= 0.3 is 0 Å². The highest BCUT2D eigenvalue weighted by Gasteiger charge is 2.42. The van der Waals surface area contributed by atoms with Crippen LogP contribution in [-0.4, -0.2) is 45.0 Å². The summed E-state index contributed by atoms with van der Waals surface area (Å²) < 4.78 is 8.07. The molecule has 0 aliphatic carbocycles. The van der Waals surface area contributed by atoms with E-state index in [1.807, 2.05) is 58.1 Å². The molecule has 6 nitrogen and oxygen atoms in total. The molecule has 142 valence electrons. The molecule has 3 aromatic rings. The lowest BCUT2D eigenvalue weighted by molar-refractivity contribution is -0.130. The van der Waals surface area contributed by atoms with E-state index in [9.17, 15) is 4.79 Å². The van der Waals surface area contributed by atoms with Gasteiger partial charge in [-0.3, -0.25) is 4.79 Å². The second-order valence-corrected chi connectivity index (χ2v) is 7.40. The van der Waals surface area contributed by atoms with E-state index in [0.29, 0.717) is 26.1 Å². The Morgan fingerprint density at radius 1 is 1.04 bits per heavy atom. The average molecular weight is 374 g/mol. The molecular weight excluding hydrogens is 352 g/mol. The summed E-state index contributed by atoms with van der Waals surface area (Å²) in [6, 6.07) is 20.2. The van der Waals surface area contributed by atoms with Crippen LogP contribution in [0.2, 0.25) is 0 Å². The van der Waals surface area contributed by atoms with Gasteiger partial charge < -0.3 is 9.64 Å². The smallest absolute Gasteiger partial charge is 0.223 e. The highest BCUT2D eigenvalue weighted by atomic mass is 16.5. The van der Waals surface area contributed by atoms with Crippen molar-refractivity contribution in [2.45, 2.75) is 31.6 Å². The fourth-order valence-electron chi connectivity index (χ4n) is 4.13. The maximum absolute atomic E-state index is 12.7. The van der Waals surface area contributed by atoms with Crippen molar-refractivity contribution in [3.63, 3.8) is 0 Å². The molecule has 1 fully saturated rings. The predicted octanol–water partition coefficient (Wildman–Crippen LogP) is 2.86. The first-order valence-electron chi connectivity index (χ1n) is 9.72. The average Bonchev–Trinajstić information content (AvgIpc) is 3.37. The topological polar surface area (TPSA) is 60.3 Å². The van der Waals surface area contributed by atoms with Crippen LogP contribution < -0.4 is 0 Å². The summed E-state index contributed by atoms with van der Waals surface area (Å²) in [7, 11) is 0. The minimum Gasteiger partial charge on any atom is -0.368 e. The van der Waals surface area contributed by atoms with E-state index in [4.69, 9.17) is 4.74 Å². The highest BCUT2D eigenvalue weighted by molar-refractivity contribution is 5.77. The van der Waals surface area contributed by atoms with E-state index in [2.05, 4.69) is 22.4 Å². The number of hydrogen-bond donors (Lipinski definition) is 0. The minimum atomic E-state index is -0.0153. The summed E-state index contributed by atoms with van der Waals surface area (Å²) in [5, 5.41) is 8.82. The molecule has 0 N–H and O–H groups in total. The summed E-state index contributed by atoms with van der Waals surface area (Å²) in [5.41, 5.74) is 4.09. The summed E-state index contributed by atoms with van der Waals surface area (Å²) in [4.78, 5) is 14.6. The third-order valence-corrected chi connectivity index (χ3v) is 5.65. The van der Waals surface area contributed by atoms with Gasteiger partial charge in [0.1, 0.15) is 5.69 Å². The number of benzene rings is 2. The Kier molecular flexibility index (Phi) is 4.41. The number of likely N-dealkylation sites (tertiary alicyclic amines) is 1. The third kappa shape index (κ3) is 3.10. The molecule has 0 saturated carbocycles. The van der Waals surface area contributed by atoms with Crippen molar-refractivity contribution in [1.82, 2.24) is 19.9 Å². The van der Waals surface area contributed by atoms with Gasteiger partial charge in [0.2, 0.25) is 5.91 Å². The number of ether oxygens (including phenoxy) is 1. The van der Waals surface area contributed by atoms with Crippen molar-refractivity contribution >= 4 is 5.91 Å². The zero-order valence-corrected chi connectivity index (χ0v) is 15.6. The molecule has 1 aromatic heterocycles. The van der Waals surface area contributed by atoms with Crippen molar-refractivity contribution in [2.24, 2.45) is 0 Å². The molecule has 2 atom stereocenters. The van der Waals surface area contributed by atoms with Crippen LogP contribution in [0, 0.1) is 0 Å². The van der Waals surface area contributed by atoms with Gasteiger partial charge in [0, 0.05) is 25.1 Å². The molecule has 1 saturated heterocycles. The summed E-state index contributed by atoms with van der Waals surface area (Å²) in [6.07, 6.45) is 1.26. The minimum absolute atomic E-state index is 0.0153. The zero-order valence-electron chi connectivity index (χ0n) is 15.6. The van der Waals surface area contributed by atoms with E-state index >= 15 is 0 Å². The van der Waals surface area contributed by atoms with Gasteiger partial charge in [-0.25, -0.2) is 4.68 Å². The van der Waals surface area contributed by atoms with E-state index < -0.39 is 0 Å². The van der Waals surface area contributed by atoms with Gasteiger partial charge in [-0.05, 0) is 12.0 Å². The molecule has 0 spiro atoms. The number of carbonyl (C=O) groups is 1. The first kappa shape index (κ1) is 17.1. The molecule has 5 rings (SSSR count). The van der Waals surface area contributed by atoms with Crippen LogP contribution in [-0.2, 0) is 22.6 Å². The van der Waals surface area contributed by atoms with Gasteiger partial charge in [0.05, 0.1) is 24.4 Å². The fraction of sp³-hybridized carbons (Fsp3) is 0.318. The number of fused-ring (bicyclic) bond motifs is 3. The molecule has 0 radical (unpaired) electrons. The van der Waals surface area contributed by atoms with Crippen molar-refractivity contribution < 1.29 is 9.53 Å². The second kappa shape index (κ2) is 7.20. The predicted molar refractivity (Wildman–Crippen MR) is 104 cm³/mol. The standard InChI is InChI=1S/C22H22N4O2/c27-21(12-11-16-7-3-1-4-8-16)25-13-18-20(14-25)28-15-19-22(23-24-26(18)19)17-9-5-2-6-10-17/h1-10,18,20H,11-15H2/t18-,20?/m1/s1. The van der Waals surface area contributed by atoms with Crippen LogP contribution in [0.25, 0.3) is 11.3 Å². The third-order valence-electron chi connectivity index (χ3n) is 5.65.